The van der Waals surface area contributed by atoms with E-state index >= 15 is 0 Å². The van der Waals surface area contributed by atoms with E-state index in [1.807, 2.05) is 0 Å². The molecule has 0 aromatic heterocycles. The second-order valence-corrected chi connectivity index (χ2v) is 4.82. The van der Waals surface area contributed by atoms with Crippen LogP contribution >= 0.6 is 0 Å². The first kappa shape index (κ1) is 10.2. The van der Waals surface area contributed by atoms with E-state index in [0.29, 0.717) is 6.54 Å². The smallest absolute Gasteiger partial charge is 0.233 e. The van der Waals surface area contributed by atoms with E-state index in [0.717, 1.165) is 19.4 Å². The van der Waals surface area contributed by atoms with Crippen LogP contribution in [0.4, 0.5) is 0 Å². The van der Waals surface area contributed by atoms with Gasteiger partial charge in [-0.1, -0.05) is 0 Å². The second kappa shape index (κ2) is 3.53. The highest BCUT2D eigenvalue weighted by atomic mass is 16.5. The fourth-order valence-electron chi connectivity index (χ4n) is 2.91. The van der Waals surface area contributed by atoms with E-state index in [4.69, 9.17) is 9.84 Å². The molecule has 3 aliphatic rings. The maximum Gasteiger partial charge on any atom is 0.233 e. The second-order valence-electron chi connectivity index (χ2n) is 4.82. The summed E-state index contributed by atoms with van der Waals surface area (Å²) in [6.07, 6.45) is 1.96. The van der Waals surface area contributed by atoms with Gasteiger partial charge < -0.3 is 9.84 Å². The lowest BCUT2D eigenvalue weighted by Crippen LogP contribution is -2.40. The van der Waals surface area contributed by atoms with Gasteiger partial charge in [-0.25, -0.2) is 0 Å². The van der Waals surface area contributed by atoms with Crippen LogP contribution in [-0.2, 0) is 14.3 Å². The summed E-state index contributed by atoms with van der Waals surface area (Å²) in [4.78, 5) is 25.0. The van der Waals surface area contributed by atoms with Crippen molar-refractivity contribution >= 4 is 11.8 Å². The molecule has 0 bridgehead atoms. The zero-order valence-corrected chi connectivity index (χ0v) is 8.96. The van der Waals surface area contributed by atoms with E-state index in [1.165, 1.54) is 4.90 Å². The summed E-state index contributed by atoms with van der Waals surface area (Å²) in [5, 5.41) is 8.97. The lowest BCUT2D eigenvalue weighted by Gasteiger charge is -2.21. The molecule has 0 aromatic rings. The number of imide groups is 1. The number of piperidine rings is 1. The summed E-state index contributed by atoms with van der Waals surface area (Å²) in [5.74, 6) is -0.798. The average molecular weight is 225 g/mol. The quantitative estimate of drug-likeness (QED) is 0.651. The minimum absolute atomic E-state index is 0.0259. The molecule has 0 aromatic carbocycles. The molecule has 3 atom stereocenters. The van der Waals surface area contributed by atoms with Crippen LogP contribution in [0, 0.1) is 17.8 Å². The van der Waals surface area contributed by atoms with Gasteiger partial charge in [0, 0.05) is 19.1 Å². The van der Waals surface area contributed by atoms with Gasteiger partial charge in [0.2, 0.25) is 11.8 Å². The van der Waals surface area contributed by atoms with Gasteiger partial charge in [0.15, 0.2) is 0 Å². The van der Waals surface area contributed by atoms with Gasteiger partial charge in [0.05, 0.1) is 24.5 Å². The fourth-order valence-corrected chi connectivity index (χ4v) is 2.91. The molecule has 1 aliphatic carbocycles. The van der Waals surface area contributed by atoms with Crippen LogP contribution in [0.15, 0.2) is 0 Å². The fraction of sp³-hybridized carbons (Fsp3) is 0.818. The molecular formula is C11H15NO4. The number of ether oxygens (including phenoxy) is 1. The highest BCUT2D eigenvalue weighted by Crippen LogP contribution is 2.53. The number of carbonyl (C=O) groups excluding carboxylic acids is 2. The molecule has 88 valence electrons. The van der Waals surface area contributed by atoms with Crippen LogP contribution in [0.3, 0.4) is 0 Å². The number of hydrogen-bond acceptors (Lipinski definition) is 4. The average Bonchev–Trinajstić information content (AvgIpc) is 2.69. The number of fused-ring (bicyclic) bond motifs is 1. The van der Waals surface area contributed by atoms with Crippen molar-refractivity contribution in [2.75, 3.05) is 19.8 Å². The minimum atomic E-state index is -0.237. The number of aliphatic hydroxyl groups excluding tert-OH is 1. The number of rotatable bonds is 3. The number of carbonyl (C=O) groups is 2. The molecule has 3 unspecified atom stereocenters. The SMILES string of the molecule is O=C1C2C(CO)C2C(=O)N1CC1CCCO1. The van der Waals surface area contributed by atoms with Crippen LogP contribution in [0.1, 0.15) is 12.8 Å². The molecule has 2 amide bonds. The van der Waals surface area contributed by atoms with E-state index in [9.17, 15) is 9.59 Å². The van der Waals surface area contributed by atoms with E-state index in [-0.39, 0.29) is 42.3 Å². The Morgan fingerprint density at radius 1 is 1.31 bits per heavy atom. The molecule has 5 heteroatoms. The summed E-state index contributed by atoms with van der Waals surface area (Å²) in [6.45, 7) is 1.08. The van der Waals surface area contributed by atoms with Crippen molar-refractivity contribution in [2.24, 2.45) is 17.8 Å². The van der Waals surface area contributed by atoms with Crippen LogP contribution in [0.25, 0.3) is 0 Å². The molecule has 1 N–H and O–H groups in total. The first-order valence-corrected chi connectivity index (χ1v) is 5.81. The standard InChI is InChI=1S/C11H15NO4/c13-5-7-8-9(7)11(15)12(10(8)14)4-6-2-1-3-16-6/h6-9,13H,1-5H2. The van der Waals surface area contributed by atoms with Crippen molar-refractivity contribution in [1.29, 1.82) is 0 Å². The molecule has 1 saturated carbocycles. The van der Waals surface area contributed by atoms with Gasteiger partial charge in [0.25, 0.3) is 0 Å². The van der Waals surface area contributed by atoms with Crippen molar-refractivity contribution < 1.29 is 19.4 Å². The third kappa shape index (κ3) is 1.31. The molecule has 16 heavy (non-hydrogen) atoms. The van der Waals surface area contributed by atoms with Crippen molar-refractivity contribution in [2.45, 2.75) is 18.9 Å². The molecule has 0 radical (unpaired) electrons. The summed E-state index contributed by atoms with van der Waals surface area (Å²) in [5.41, 5.74) is 0. The van der Waals surface area contributed by atoms with E-state index in [2.05, 4.69) is 0 Å². The maximum absolute atomic E-state index is 11.9. The largest absolute Gasteiger partial charge is 0.396 e. The first-order chi connectivity index (χ1) is 7.74. The number of nitrogens with zero attached hydrogens (tertiary/aromatic N) is 1. The Bertz CT molecular complexity index is 315. The third-order valence-electron chi connectivity index (χ3n) is 3.89. The topological polar surface area (TPSA) is 66.8 Å². The molecule has 2 heterocycles. The molecular weight excluding hydrogens is 210 g/mol. The Labute approximate surface area is 93.4 Å². The zero-order valence-electron chi connectivity index (χ0n) is 8.96. The van der Waals surface area contributed by atoms with Crippen molar-refractivity contribution in [3.8, 4) is 0 Å². The molecule has 3 rings (SSSR count). The van der Waals surface area contributed by atoms with Crippen LogP contribution in [-0.4, -0.2) is 47.7 Å². The number of likely N-dealkylation sites (tertiary alicyclic amines) is 1. The summed E-state index contributed by atoms with van der Waals surface area (Å²) < 4.78 is 5.42. The highest BCUT2D eigenvalue weighted by molar-refractivity contribution is 6.09. The molecule has 2 saturated heterocycles. The molecule has 5 nitrogen and oxygen atoms in total. The van der Waals surface area contributed by atoms with Gasteiger partial charge in [0.1, 0.15) is 0 Å². The Balaban J connectivity index is 1.65. The van der Waals surface area contributed by atoms with Gasteiger partial charge in [-0.15, -0.1) is 0 Å². The van der Waals surface area contributed by atoms with Crippen molar-refractivity contribution in [3.63, 3.8) is 0 Å². The summed E-state index contributed by atoms with van der Waals surface area (Å²) >= 11 is 0. The maximum atomic E-state index is 11.9. The monoisotopic (exact) mass is 225 g/mol. The predicted octanol–water partition coefficient (Wildman–Crippen LogP) is -0.611. The number of amides is 2. The molecule has 0 spiro atoms. The highest BCUT2D eigenvalue weighted by Gasteiger charge is 2.66. The predicted molar refractivity (Wildman–Crippen MR) is 53.2 cm³/mol. The lowest BCUT2D eigenvalue weighted by molar-refractivity contribution is -0.144. The number of hydrogen-bond donors (Lipinski definition) is 1. The van der Waals surface area contributed by atoms with Crippen molar-refractivity contribution in [3.05, 3.63) is 0 Å². The van der Waals surface area contributed by atoms with Gasteiger partial charge in [-0.05, 0) is 12.8 Å². The zero-order chi connectivity index (χ0) is 11.3. The van der Waals surface area contributed by atoms with E-state index in [1.54, 1.807) is 0 Å². The Hall–Kier alpha value is -0.940. The molecule has 3 fully saturated rings. The minimum Gasteiger partial charge on any atom is -0.396 e. The molecule has 2 aliphatic heterocycles. The van der Waals surface area contributed by atoms with Crippen LogP contribution in [0.5, 0.6) is 0 Å². The van der Waals surface area contributed by atoms with Gasteiger partial charge in [-0.2, -0.15) is 0 Å². The van der Waals surface area contributed by atoms with Gasteiger partial charge >= 0.3 is 0 Å². The number of aliphatic hydroxyl groups is 1. The summed E-state index contributed by atoms with van der Waals surface area (Å²) in [6, 6.07) is 0. The van der Waals surface area contributed by atoms with Gasteiger partial charge in [-0.3, -0.25) is 14.5 Å². The Morgan fingerprint density at radius 3 is 2.50 bits per heavy atom. The Kier molecular flexibility index (Phi) is 2.26. The lowest BCUT2D eigenvalue weighted by atomic mass is 10.2. The van der Waals surface area contributed by atoms with Crippen molar-refractivity contribution in [1.82, 2.24) is 4.90 Å². The first-order valence-electron chi connectivity index (χ1n) is 5.81. The van der Waals surface area contributed by atoms with Crippen LogP contribution in [0.2, 0.25) is 0 Å². The Morgan fingerprint density at radius 2 is 2.00 bits per heavy atom. The van der Waals surface area contributed by atoms with Crippen LogP contribution < -0.4 is 0 Å². The summed E-state index contributed by atoms with van der Waals surface area (Å²) in [7, 11) is 0. The van der Waals surface area contributed by atoms with E-state index < -0.39 is 0 Å². The normalized spacial score (nSPS) is 41.7. The third-order valence-corrected chi connectivity index (χ3v) is 3.89.